The number of hydrogen-bond acceptors (Lipinski definition) is 6. The summed E-state index contributed by atoms with van der Waals surface area (Å²) in [7, 11) is -3.72. The molecule has 3 heterocycles. The van der Waals surface area contributed by atoms with E-state index >= 15 is 0 Å². The predicted molar refractivity (Wildman–Crippen MR) is 108 cm³/mol. The van der Waals surface area contributed by atoms with Gasteiger partial charge in [-0.1, -0.05) is 17.8 Å². The molecule has 0 aliphatic carbocycles. The van der Waals surface area contributed by atoms with Gasteiger partial charge >= 0.3 is 0 Å². The minimum absolute atomic E-state index is 0.198. The van der Waals surface area contributed by atoms with E-state index in [9.17, 15) is 13.2 Å². The molecule has 1 aliphatic rings. The Bertz CT molecular complexity index is 1010. The summed E-state index contributed by atoms with van der Waals surface area (Å²) in [4.78, 5) is 16.6. The topological polar surface area (TPSA) is 107 Å². The molecule has 0 spiro atoms. The Morgan fingerprint density at radius 2 is 2.22 bits per heavy atom. The Hall–Kier alpha value is -1.97. The summed E-state index contributed by atoms with van der Waals surface area (Å²) in [6, 6.07) is 3.21. The highest BCUT2D eigenvalue weighted by Crippen LogP contribution is 2.38. The van der Waals surface area contributed by atoms with Gasteiger partial charge in [-0.2, -0.15) is 0 Å². The minimum Gasteiger partial charge on any atom is -0.384 e. The van der Waals surface area contributed by atoms with Crippen LogP contribution in [0.5, 0.6) is 0 Å². The molecular formula is C17H19ClN4O3S2. The smallest absolute Gasteiger partial charge is 0.273 e. The molecule has 0 fully saturated rings. The second kappa shape index (κ2) is 7.57. The highest BCUT2D eigenvalue weighted by Gasteiger charge is 2.28. The molecule has 1 amide bonds. The zero-order valence-electron chi connectivity index (χ0n) is 14.8. The fraction of sp³-hybridized carbons (Fsp3) is 0.294. The van der Waals surface area contributed by atoms with Gasteiger partial charge in [0.2, 0.25) is 0 Å². The van der Waals surface area contributed by atoms with Crippen molar-refractivity contribution in [2.75, 3.05) is 5.73 Å². The van der Waals surface area contributed by atoms with Gasteiger partial charge in [0.25, 0.3) is 15.9 Å². The van der Waals surface area contributed by atoms with Crippen LogP contribution in [0.4, 0.5) is 5.82 Å². The van der Waals surface area contributed by atoms with Crippen molar-refractivity contribution in [1.29, 1.82) is 0 Å². The van der Waals surface area contributed by atoms with Crippen molar-refractivity contribution < 1.29 is 13.2 Å². The molecule has 3 N–H and O–H groups in total. The van der Waals surface area contributed by atoms with Crippen molar-refractivity contribution in [1.82, 2.24) is 14.3 Å². The lowest BCUT2D eigenvalue weighted by molar-refractivity contribution is 0.0951. The Morgan fingerprint density at radius 3 is 2.85 bits per heavy atom. The van der Waals surface area contributed by atoms with Gasteiger partial charge in [-0.25, -0.2) is 17.4 Å². The molecule has 0 aromatic carbocycles. The van der Waals surface area contributed by atoms with Crippen LogP contribution in [-0.4, -0.2) is 28.0 Å². The van der Waals surface area contributed by atoms with Gasteiger partial charge in [0.05, 0.1) is 10.3 Å². The van der Waals surface area contributed by atoms with E-state index in [-0.39, 0.29) is 27.0 Å². The molecule has 27 heavy (non-hydrogen) atoms. The van der Waals surface area contributed by atoms with E-state index in [1.165, 1.54) is 18.5 Å². The zero-order valence-corrected chi connectivity index (χ0v) is 17.2. The number of nitrogens with two attached hydrogens (primary N) is 1. The SMILES string of the molecule is Cc1cc(N)nc(C)c1CNC(=O)c1ccn(S(=O)(=O)C2=CCC(Cl)S2)c1. The lowest BCUT2D eigenvalue weighted by Gasteiger charge is -2.11. The zero-order chi connectivity index (χ0) is 19.8. The molecule has 1 unspecified atom stereocenters. The number of nitrogens with one attached hydrogen (secondary N) is 1. The van der Waals surface area contributed by atoms with Crippen molar-refractivity contribution in [2.24, 2.45) is 0 Å². The molecule has 3 rings (SSSR count). The first-order chi connectivity index (χ1) is 12.7. The highest BCUT2D eigenvalue weighted by atomic mass is 35.5. The van der Waals surface area contributed by atoms with Crippen LogP contribution in [0.15, 0.2) is 34.8 Å². The first-order valence-corrected chi connectivity index (χ1v) is 10.9. The quantitative estimate of drug-likeness (QED) is 0.712. The third-order valence-electron chi connectivity index (χ3n) is 4.17. The van der Waals surface area contributed by atoms with E-state index < -0.39 is 10.0 Å². The average molecular weight is 427 g/mol. The number of allylic oxidation sites excluding steroid dienone is 1. The number of pyridine rings is 1. The fourth-order valence-electron chi connectivity index (χ4n) is 2.77. The van der Waals surface area contributed by atoms with Gasteiger partial charge < -0.3 is 11.1 Å². The number of aryl methyl sites for hydroxylation is 2. The third kappa shape index (κ3) is 4.15. The van der Waals surface area contributed by atoms with Gasteiger partial charge in [0.1, 0.15) is 10.1 Å². The first-order valence-electron chi connectivity index (χ1n) is 8.13. The van der Waals surface area contributed by atoms with E-state index in [4.69, 9.17) is 17.3 Å². The molecular weight excluding hydrogens is 408 g/mol. The second-order valence-electron chi connectivity index (χ2n) is 6.13. The van der Waals surface area contributed by atoms with Crippen molar-refractivity contribution >= 4 is 45.1 Å². The number of carbonyl (C=O) groups is 1. The summed E-state index contributed by atoms with van der Waals surface area (Å²) >= 11 is 7.05. The maximum atomic E-state index is 12.6. The Morgan fingerprint density at radius 1 is 1.48 bits per heavy atom. The van der Waals surface area contributed by atoms with Gasteiger partial charge in [-0.05, 0) is 43.5 Å². The molecule has 0 radical (unpaired) electrons. The number of anilines is 1. The standard InChI is InChI=1S/C17H19ClN4O3S2/c1-10-7-15(19)21-11(2)13(10)8-20-17(23)12-5-6-22(9-12)27(24,25)16-4-3-14(18)26-16/h4-7,9,14H,3,8H2,1-2H3,(H2,19,21)(H,20,23). The second-order valence-corrected chi connectivity index (χ2v) is 10.2. The van der Waals surface area contributed by atoms with Crippen LogP contribution >= 0.6 is 23.4 Å². The summed E-state index contributed by atoms with van der Waals surface area (Å²) in [5.41, 5.74) is 8.52. The molecule has 0 saturated carbocycles. The number of nitrogen functional groups attached to an aromatic ring is 1. The van der Waals surface area contributed by atoms with E-state index in [1.54, 1.807) is 12.1 Å². The van der Waals surface area contributed by atoms with E-state index in [0.717, 1.165) is 32.6 Å². The van der Waals surface area contributed by atoms with Crippen molar-refractivity contribution in [3.05, 3.63) is 57.2 Å². The average Bonchev–Trinajstić information content (AvgIpc) is 3.23. The molecule has 0 saturated heterocycles. The number of alkyl halides is 1. The van der Waals surface area contributed by atoms with Crippen LogP contribution in [0, 0.1) is 13.8 Å². The monoisotopic (exact) mass is 426 g/mol. The first kappa shape index (κ1) is 19.8. The summed E-state index contributed by atoms with van der Waals surface area (Å²) in [5.74, 6) is 0.0588. The summed E-state index contributed by atoms with van der Waals surface area (Å²) in [5, 5.41) is 2.79. The Balaban J connectivity index is 1.73. The maximum absolute atomic E-state index is 12.6. The van der Waals surface area contributed by atoms with E-state index in [2.05, 4.69) is 10.3 Å². The van der Waals surface area contributed by atoms with Crippen molar-refractivity contribution in [2.45, 2.75) is 31.5 Å². The summed E-state index contributed by atoms with van der Waals surface area (Å²) < 4.78 is 26.1. The number of nitrogens with zero attached hydrogens (tertiary/aromatic N) is 2. The molecule has 2 aromatic heterocycles. The molecule has 1 aliphatic heterocycles. The highest BCUT2D eigenvalue weighted by molar-refractivity contribution is 8.19. The van der Waals surface area contributed by atoms with Gasteiger partial charge in [-0.15, -0.1) is 11.6 Å². The summed E-state index contributed by atoms with van der Waals surface area (Å²) in [6.07, 6.45) is 4.74. The maximum Gasteiger partial charge on any atom is 0.273 e. The number of hydrogen-bond donors (Lipinski definition) is 2. The van der Waals surface area contributed by atoms with Crippen LogP contribution in [0.25, 0.3) is 0 Å². The van der Waals surface area contributed by atoms with Crippen LogP contribution in [0.3, 0.4) is 0 Å². The van der Waals surface area contributed by atoms with Crippen LogP contribution in [0.1, 0.15) is 33.6 Å². The van der Waals surface area contributed by atoms with Gasteiger partial charge in [0.15, 0.2) is 0 Å². The molecule has 144 valence electrons. The van der Waals surface area contributed by atoms with Gasteiger partial charge in [0, 0.05) is 24.6 Å². The van der Waals surface area contributed by atoms with E-state index in [1.807, 2.05) is 13.8 Å². The fourth-order valence-corrected chi connectivity index (χ4v) is 6.02. The predicted octanol–water partition coefficient (Wildman–Crippen LogP) is 2.73. The number of amides is 1. The van der Waals surface area contributed by atoms with Crippen LogP contribution < -0.4 is 11.1 Å². The molecule has 2 aromatic rings. The summed E-state index contributed by atoms with van der Waals surface area (Å²) in [6.45, 7) is 3.99. The Labute approximate surface area is 167 Å². The minimum atomic E-state index is -3.72. The Kier molecular flexibility index (Phi) is 5.55. The van der Waals surface area contributed by atoms with Crippen molar-refractivity contribution in [3.63, 3.8) is 0 Å². The number of aromatic nitrogens is 2. The lowest BCUT2D eigenvalue weighted by Crippen LogP contribution is -2.24. The largest absolute Gasteiger partial charge is 0.384 e. The number of carbonyl (C=O) groups excluding carboxylic acids is 1. The van der Waals surface area contributed by atoms with Gasteiger partial charge in [-0.3, -0.25) is 4.79 Å². The van der Waals surface area contributed by atoms with Crippen LogP contribution in [0.2, 0.25) is 0 Å². The molecule has 1 atom stereocenters. The molecule has 10 heteroatoms. The van der Waals surface area contributed by atoms with Crippen LogP contribution in [-0.2, 0) is 16.6 Å². The van der Waals surface area contributed by atoms with E-state index in [0.29, 0.717) is 12.2 Å². The number of thioether (sulfide) groups is 1. The molecule has 0 bridgehead atoms. The normalized spacial score (nSPS) is 17.0. The number of rotatable bonds is 5. The lowest BCUT2D eigenvalue weighted by atomic mass is 10.1. The van der Waals surface area contributed by atoms with Crippen molar-refractivity contribution in [3.8, 4) is 0 Å². The molecule has 7 nitrogen and oxygen atoms in total. The number of halogens is 1. The third-order valence-corrected chi connectivity index (χ3v) is 7.85.